The normalized spacial score (nSPS) is 20.8. The van der Waals surface area contributed by atoms with Gasteiger partial charge in [0, 0.05) is 38.8 Å². The van der Waals surface area contributed by atoms with E-state index in [0.717, 1.165) is 44.4 Å². The summed E-state index contributed by atoms with van der Waals surface area (Å²) in [5.41, 5.74) is 1.21. The molecular weight excluding hydrogens is 326 g/mol. The highest BCUT2D eigenvalue weighted by molar-refractivity contribution is 5.81. The molecule has 0 spiro atoms. The summed E-state index contributed by atoms with van der Waals surface area (Å²) >= 11 is 0. The minimum atomic E-state index is -0.0448. The molecule has 1 amide bonds. The van der Waals surface area contributed by atoms with E-state index in [1.807, 2.05) is 19.1 Å². The van der Waals surface area contributed by atoms with E-state index in [9.17, 15) is 4.79 Å². The summed E-state index contributed by atoms with van der Waals surface area (Å²) in [7, 11) is 1.67. The van der Waals surface area contributed by atoms with Crippen LogP contribution in [0, 0.1) is 0 Å². The maximum Gasteiger partial charge on any atom is 0.237 e. The van der Waals surface area contributed by atoms with Crippen molar-refractivity contribution in [2.45, 2.75) is 51.1 Å². The van der Waals surface area contributed by atoms with E-state index in [4.69, 9.17) is 4.74 Å². The van der Waals surface area contributed by atoms with Crippen LogP contribution in [0.5, 0.6) is 5.75 Å². The molecule has 5 heteroatoms. The molecule has 1 heterocycles. The quantitative estimate of drug-likeness (QED) is 0.811. The van der Waals surface area contributed by atoms with Crippen molar-refractivity contribution in [2.24, 2.45) is 0 Å². The third-order valence-corrected chi connectivity index (χ3v) is 5.99. The fourth-order valence-corrected chi connectivity index (χ4v) is 4.20. The molecule has 3 rings (SSSR count). The van der Waals surface area contributed by atoms with Gasteiger partial charge < -0.3 is 10.1 Å². The summed E-state index contributed by atoms with van der Waals surface area (Å²) in [6, 6.07) is 8.78. The first-order valence-electron chi connectivity index (χ1n) is 10.1. The lowest BCUT2D eigenvalue weighted by atomic mass is 10.1. The summed E-state index contributed by atoms with van der Waals surface area (Å²) in [6.45, 7) is 6.93. The van der Waals surface area contributed by atoms with Crippen LogP contribution in [0.25, 0.3) is 0 Å². The summed E-state index contributed by atoms with van der Waals surface area (Å²) in [6.07, 6.45) is 6.34. The summed E-state index contributed by atoms with van der Waals surface area (Å²) < 4.78 is 5.17. The van der Waals surface area contributed by atoms with Gasteiger partial charge in [-0.05, 0) is 43.9 Å². The van der Waals surface area contributed by atoms with Crippen molar-refractivity contribution in [1.29, 1.82) is 0 Å². The van der Waals surface area contributed by atoms with Gasteiger partial charge in [-0.1, -0.05) is 25.0 Å². The van der Waals surface area contributed by atoms with Gasteiger partial charge in [0.25, 0.3) is 0 Å². The van der Waals surface area contributed by atoms with Crippen LogP contribution in [0.3, 0.4) is 0 Å². The monoisotopic (exact) mass is 359 g/mol. The molecule has 1 aliphatic heterocycles. The fourth-order valence-electron chi connectivity index (χ4n) is 4.20. The van der Waals surface area contributed by atoms with E-state index in [-0.39, 0.29) is 11.9 Å². The predicted octanol–water partition coefficient (Wildman–Crippen LogP) is 2.30. The van der Waals surface area contributed by atoms with Gasteiger partial charge in [0.1, 0.15) is 5.75 Å². The number of rotatable bonds is 7. The van der Waals surface area contributed by atoms with Crippen molar-refractivity contribution in [3.63, 3.8) is 0 Å². The third-order valence-electron chi connectivity index (χ3n) is 5.99. The Hall–Kier alpha value is -1.59. The Kier molecular flexibility index (Phi) is 6.92. The summed E-state index contributed by atoms with van der Waals surface area (Å²) in [4.78, 5) is 17.4. The molecule has 1 saturated carbocycles. The molecule has 1 aromatic rings. The standard InChI is InChI=1S/C21H33N3O2/c1-17(23-13-15-24(16-14-23)19-5-3-4-6-19)21(25)22-12-11-18-7-9-20(26-2)10-8-18/h7-10,17,19H,3-6,11-16H2,1-2H3,(H,22,25). The van der Waals surface area contributed by atoms with E-state index in [0.29, 0.717) is 6.54 Å². The number of hydrogen-bond acceptors (Lipinski definition) is 4. The number of ether oxygens (including phenoxy) is 1. The zero-order valence-electron chi connectivity index (χ0n) is 16.2. The first-order valence-corrected chi connectivity index (χ1v) is 10.1. The van der Waals surface area contributed by atoms with Crippen LogP contribution in [0.15, 0.2) is 24.3 Å². The van der Waals surface area contributed by atoms with Gasteiger partial charge in [0.2, 0.25) is 5.91 Å². The smallest absolute Gasteiger partial charge is 0.237 e. The zero-order valence-corrected chi connectivity index (χ0v) is 16.2. The molecule has 0 radical (unpaired) electrons. The number of hydrogen-bond donors (Lipinski definition) is 1. The second-order valence-corrected chi connectivity index (χ2v) is 7.58. The lowest BCUT2D eigenvalue weighted by molar-refractivity contribution is -0.126. The number of piperazine rings is 1. The minimum Gasteiger partial charge on any atom is -0.497 e. The van der Waals surface area contributed by atoms with E-state index in [1.165, 1.54) is 31.2 Å². The van der Waals surface area contributed by atoms with Crippen molar-refractivity contribution < 1.29 is 9.53 Å². The predicted molar refractivity (Wildman–Crippen MR) is 105 cm³/mol. The Bertz CT molecular complexity index is 561. The maximum absolute atomic E-state index is 12.5. The molecule has 2 fully saturated rings. The van der Waals surface area contributed by atoms with E-state index < -0.39 is 0 Å². The third kappa shape index (κ3) is 4.98. The van der Waals surface area contributed by atoms with Gasteiger partial charge in [-0.25, -0.2) is 0 Å². The Morgan fingerprint density at radius 2 is 1.81 bits per heavy atom. The highest BCUT2D eigenvalue weighted by Crippen LogP contribution is 2.24. The molecule has 0 bridgehead atoms. The van der Waals surface area contributed by atoms with Crippen molar-refractivity contribution in [3.8, 4) is 5.75 Å². The first-order chi connectivity index (χ1) is 12.7. The molecule has 1 N–H and O–H groups in total. The Morgan fingerprint density at radius 3 is 2.42 bits per heavy atom. The van der Waals surface area contributed by atoms with Gasteiger partial charge in [-0.3, -0.25) is 14.6 Å². The van der Waals surface area contributed by atoms with Gasteiger partial charge in [-0.15, -0.1) is 0 Å². The van der Waals surface area contributed by atoms with Crippen molar-refractivity contribution in [3.05, 3.63) is 29.8 Å². The zero-order chi connectivity index (χ0) is 18.4. The fraction of sp³-hybridized carbons (Fsp3) is 0.667. The van der Waals surface area contributed by atoms with Gasteiger partial charge in [0.15, 0.2) is 0 Å². The number of methoxy groups -OCH3 is 1. The van der Waals surface area contributed by atoms with Crippen molar-refractivity contribution >= 4 is 5.91 Å². The molecule has 1 unspecified atom stereocenters. The van der Waals surface area contributed by atoms with Crippen LogP contribution in [0.2, 0.25) is 0 Å². The number of amides is 1. The minimum absolute atomic E-state index is 0.0448. The highest BCUT2D eigenvalue weighted by Gasteiger charge is 2.29. The van der Waals surface area contributed by atoms with Gasteiger partial charge >= 0.3 is 0 Å². The summed E-state index contributed by atoms with van der Waals surface area (Å²) in [5, 5.41) is 3.10. The number of nitrogens with zero attached hydrogens (tertiary/aromatic N) is 2. The molecule has 1 atom stereocenters. The molecular formula is C21H33N3O2. The molecule has 144 valence electrons. The lowest BCUT2D eigenvalue weighted by Crippen LogP contribution is -2.55. The molecule has 0 aromatic heterocycles. The van der Waals surface area contributed by atoms with Crippen LogP contribution in [-0.2, 0) is 11.2 Å². The van der Waals surface area contributed by atoms with E-state index >= 15 is 0 Å². The average molecular weight is 360 g/mol. The first kappa shape index (κ1) is 19.2. The van der Waals surface area contributed by atoms with Crippen LogP contribution < -0.4 is 10.1 Å². The molecule has 1 aromatic carbocycles. The van der Waals surface area contributed by atoms with Crippen LogP contribution in [-0.4, -0.2) is 67.6 Å². The van der Waals surface area contributed by atoms with Gasteiger partial charge in [0.05, 0.1) is 13.2 Å². The van der Waals surface area contributed by atoms with Gasteiger partial charge in [-0.2, -0.15) is 0 Å². The largest absolute Gasteiger partial charge is 0.497 e. The van der Waals surface area contributed by atoms with Crippen LogP contribution in [0.4, 0.5) is 0 Å². The molecule has 1 saturated heterocycles. The molecule has 5 nitrogen and oxygen atoms in total. The molecule has 26 heavy (non-hydrogen) atoms. The number of carbonyl (C=O) groups is 1. The second-order valence-electron chi connectivity index (χ2n) is 7.58. The van der Waals surface area contributed by atoms with Crippen LogP contribution >= 0.6 is 0 Å². The van der Waals surface area contributed by atoms with Crippen LogP contribution in [0.1, 0.15) is 38.2 Å². The highest BCUT2D eigenvalue weighted by atomic mass is 16.5. The average Bonchev–Trinajstić information content (AvgIpc) is 3.23. The number of carbonyl (C=O) groups excluding carboxylic acids is 1. The Labute approximate surface area is 157 Å². The van der Waals surface area contributed by atoms with E-state index in [2.05, 4.69) is 27.2 Å². The Morgan fingerprint density at radius 1 is 1.15 bits per heavy atom. The van der Waals surface area contributed by atoms with Crippen molar-refractivity contribution in [2.75, 3.05) is 39.8 Å². The molecule has 2 aliphatic rings. The van der Waals surface area contributed by atoms with Crippen molar-refractivity contribution in [1.82, 2.24) is 15.1 Å². The maximum atomic E-state index is 12.5. The topological polar surface area (TPSA) is 44.8 Å². The molecule has 1 aliphatic carbocycles. The SMILES string of the molecule is COc1ccc(CCNC(=O)C(C)N2CCN(C3CCCC3)CC2)cc1. The van der Waals surface area contributed by atoms with E-state index in [1.54, 1.807) is 7.11 Å². The second kappa shape index (κ2) is 9.38. The Balaban J connectivity index is 1.37. The number of nitrogens with one attached hydrogen (secondary N) is 1. The summed E-state index contributed by atoms with van der Waals surface area (Å²) in [5.74, 6) is 1.01. The lowest BCUT2D eigenvalue weighted by Gasteiger charge is -2.40. The number of benzene rings is 1.